The largest absolute Gasteiger partial charge is 0.339 e. The third kappa shape index (κ3) is 3.74. The highest BCUT2D eigenvalue weighted by atomic mass is 35.5. The van der Waals surface area contributed by atoms with Gasteiger partial charge < -0.3 is 4.90 Å². The van der Waals surface area contributed by atoms with E-state index in [2.05, 4.69) is 15.0 Å². The molecule has 0 spiro atoms. The number of halogens is 1. The number of carbonyl (C=O) groups is 1. The summed E-state index contributed by atoms with van der Waals surface area (Å²) < 4.78 is 28.4. The van der Waals surface area contributed by atoms with Crippen molar-refractivity contribution in [2.45, 2.75) is 17.4 Å². The fourth-order valence-corrected chi connectivity index (χ4v) is 3.86. The molecule has 1 fully saturated rings. The molecule has 1 unspecified atom stereocenters. The quantitative estimate of drug-likeness (QED) is 0.836. The lowest BCUT2D eigenvalue weighted by Crippen LogP contribution is -2.39. The molecule has 1 atom stereocenters. The van der Waals surface area contributed by atoms with Gasteiger partial charge in [0.1, 0.15) is 0 Å². The van der Waals surface area contributed by atoms with E-state index in [-0.39, 0.29) is 23.4 Å². The van der Waals surface area contributed by atoms with Crippen LogP contribution in [0.15, 0.2) is 41.6 Å². The maximum absolute atomic E-state index is 12.2. The molecule has 3 rings (SSSR count). The van der Waals surface area contributed by atoms with Gasteiger partial charge in [0.05, 0.1) is 23.7 Å². The number of benzene rings is 1. The van der Waals surface area contributed by atoms with E-state index >= 15 is 0 Å². The lowest BCUT2D eigenvalue weighted by molar-refractivity contribution is -0.129. The highest BCUT2D eigenvalue weighted by Gasteiger charge is 2.28. The first-order valence-corrected chi connectivity index (χ1v) is 9.20. The summed E-state index contributed by atoms with van der Waals surface area (Å²) in [5, 5.41) is 8.00. The molecule has 0 saturated carbocycles. The van der Waals surface area contributed by atoms with Crippen molar-refractivity contribution in [1.82, 2.24) is 24.6 Å². The standard InChI is InChI=1S/C14H16ClN5O3S/c15-11-2-1-3-13(8-11)24(22,23)17-9-14(21)19-6-4-12(10-19)20-7-5-16-18-20/h1-3,5,7-8,12,17H,4,6,9-10H2. The van der Waals surface area contributed by atoms with Crippen LogP contribution in [0.2, 0.25) is 5.02 Å². The van der Waals surface area contributed by atoms with Crippen molar-refractivity contribution in [3.05, 3.63) is 41.7 Å². The summed E-state index contributed by atoms with van der Waals surface area (Å²) in [5.41, 5.74) is 0. The molecule has 1 aromatic carbocycles. The number of rotatable bonds is 5. The summed E-state index contributed by atoms with van der Waals surface area (Å²) >= 11 is 5.80. The summed E-state index contributed by atoms with van der Waals surface area (Å²) in [6.45, 7) is 0.752. The fourth-order valence-electron chi connectivity index (χ4n) is 2.58. The molecule has 0 radical (unpaired) electrons. The summed E-state index contributed by atoms with van der Waals surface area (Å²) in [6.07, 6.45) is 4.10. The maximum atomic E-state index is 12.2. The Kier molecular flexibility index (Phi) is 4.83. The van der Waals surface area contributed by atoms with Crippen molar-refractivity contribution < 1.29 is 13.2 Å². The average molecular weight is 370 g/mol. The number of amides is 1. The summed E-state index contributed by atoms with van der Waals surface area (Å²) in [5.74, 6) is -0.275. The Morgan fingerprint density at radius 2 is 2.25 bits per heavy atom. The van der Waals surface area contributed by atoms with Crippen LogP contribution in [0, 0.1) is 0 Å². The van der Waals surface area contributed by atoms with Crippen molar-refractivity contribution in [2.24, 2.45) is 0 Å². The first-order chi connectivity index (χ1) is 11.5. The molecule has 1 N–H and O–H groups in total. The van der Waals surface area contributed by atoms with Gasteiger partial charge in [-0.2, -0.15) is 0 Å². The van der Waals surface area contributed by atoms with Gasteiger partial charge in [-0.1, -0.05) is 22.9 Å². The molecule has 1 aromatic heterocycles. The van der Waals surface area contributed by atoms with E-state index in [0.717, 1.165) is 6.42 Å². The number of likely N-dealkylation sites (tertiary alicyclic amines) is 1. The number of carbonyl (C=O) groups excluding carboxylic acids is 1. The van der Waals surface area contributed by atoms with Crippen molar-refractivity contribution >= 4 is 27.5 Å². The minimum Gasteiger partial charge on any atom is -0.339 e. The molecule has 1 saturated heterocycles. The number of sulfonamides is 1. The van der Waals surface area contributed by atoms with E-state index in [1.54, 1.807) is 34.1 Å². The van der Waals surface area contributed by atoms with E-state index < -0.39 is 10.0 Å². The first-order valence-electron chi connectivity index (χ1n) is 7.34. The molecule has 8 nitrogen and oxygen atoms in total. The van der Waals surface area contributed by atoms with Crippen LogP contribution < -0.4 is 4.72 Å². The van der Waals surface area contributed by atoms with Gasteiger partial charge in [0.15, 0.2) is 0 Å². The van der Waals surface area contributed by atoms with Crippen LogP contribution in [0.4, 0.5) is 0 Å². The molecular weight excluding hydrogens is 354 g/mol. The Labute approximate surface area is 144 Å². The van der Waals surface area contributed by atoms with Crippen molar-refractivity contribution in [2.75, 3.05) is 19.6 Å². The number of aromatic nitrogens is 3. The number of hydrogen-bond acceptors (Lipinski definition) is 5. The zero-order valence-corrected chi connectivity index (χ0v) is 14.2. The molecule has 1 aliphatic heterocycles. The van der Waals surface area contributed by atoms with Crippen LogP contribution in [0.3, 0.4) is 0 Å². The van der Waals surface area contributed by atoms with Gasteiger partial charge in [-0.15, -0.1) is 5.10 Å². The van der Waals surface area contributed by atoms with Gasteiger partial charge in [-0.3, -0.25) is 4.79 Å². The maximum Gasteiger partial charge on any atom is 0.241 e. The fraction of sp³-hybridized carbons (Fsp3) is 0.357. The molecule has 2 heterocycles. The Morgan fingerprint density at radius 1 is 1.42 bits per heavy atom. The molecule has 24 heavy (non-hydrogen) atoms. The minimum absolute atomic E-state index is 0.0321. The number of hydrogen-bond donors (Lipinski definition) is 1. The summed E-state index contributed by atoms with van der Waals surface area (Å²) in [6, 6.07) is 5.96. The highest BCUT2D eigenvalue weighted by molar-refractivity contribution is 7.89. The van der Waals surface area contributed by atoms with Crippen molar-refractivity contribution in [1.29, 1.82) is 0 Å². The molecule has 0 aliphatic carbocycles. The number of nitrogens with zero attached hydrogens (tertiary/aromatic N) is 4. The minimum atomic E-state index is -3.77. The SMILES string of the molecule is O=C(CNS(=O)(=O)c1cccc(Cl)c1)N1CCC(n2ccnn2)C1. The molecule has 128 valence electrons. The Balaban J connectivity index is 1.58. The van der Waals surface area contributed by atoms with Crippen molar-refractivity contribution in [3.8, 4) is 0 Å². The monoisotopic (exact) mass is 369 g/mol. The number of nitrogens with one attached hydrogen (secondary N) is 1. The summed E-state index contributed by atoms with van der Waals surface area (Å²) in [4.78, 5) is 13.9. The Hall–Kier alpha value is -1.97. The van der Waals surface area contributed by atoms with E-state index in [9.17, 15) is 13.2 Å². The van der Waals surface area contributed by atoms with E-state index in [1.807, 2.05) is 0 Å². The van der Waals surface area contributed by atoms with Crippen LogP contribution in [-0.4, -0.2) is 53.9 Å². The van der Waals surface area contributed by atoms with Gasteiger partial charge in [0.25, 0.3) is 0 Å². The lowest BCUT2D eigenvalue weighted by atomic mass is 10.3. The highest BCUT2D eigenvalue weighted by Crippen LogP contribution is 2.20. The molecular formula is C14H16ClN5O3S. The third-order valence-electron chi connectivity index (χ3n) is 3.85. The van der Waals surface area contributed by atoms with Gasteiger partial charge >= 0.3 is 0 Å². The third-order valence-corrected chi connectivity index (χ3v) is 5.48. The van der Waals surface area contributed by atoms with Gasteiger partial charge in [-0.25, -0.2) is 17.8 Å². The zero-order valence-electron chi connectivity index (χ0n) is 12.7. The normalized spacial score (nSPS) is 18.0. The Bertz CT molecular complexity index is 825. The average Bonchev–Trinajstić information content (AvgIpc) is 3.23. The Morgan fingerprint density at radius 3 is 2.96 bits per heavy atom. The van der Waals surface area contributed by atoms with E-state index in [1.165, 1.54) is 12.1 Å². The molecule has 2 aromatic rings. The van der Waals surface area contributed by atoms with Gasteiger partial charge in [0, 0.05) is 24.3 Å². The molecule has 10 heteroatoms. The van der Waals surface area contributed by atoms with E-state index in [0.29, 0.717) is 18.1 Å². The molecule has 1 aliphatic rings. The summed E-state index contributed by atoms with van der Waals surface area (Å²) in [7, 11) is -3.77. The van der Waals surface area contributed by atoms with Crippen LogP contribution in [-0.2, 0) is 14.8 Å². The van der Waals surface area contributed by atoms with Crippen molar-refractivity contribution in [3.63, 3.8) is 0 Å². The van der Waals surface area contributed by atoms with Crippen LogP contribution in [0.25, 0.3) is 0 Å². The van der Waals surface area contributed by atoms with E-state index in [4.69, 9.17) is 11.6 Å². The predicted molar refractivity (Wildman–Crippen MR) is 86.9 cm³/mol. The second-order valence-electron chi connectivity index (χ2n) is 5.45. The smallest absolute Gasteiger partial charge is 0.241 e. The molecule has 0 bridgehead atoms. The molecule has 1 amide bonds. The predicted octanol–water partition coefficient (Wildman–Crippen LogP) is 0.683. The van der Waals surface area contributed by atoms with Crippen LogP contribution in [0.1, 0.15) is 12.5 Å². The van der Waals surface area contributed by atoms with Gasteiger partial charge in [0.2, 0.25) is 15.9 Å². The lowest BCUT2D eigenvalue weighted by Gasteiger charge is -2.17. The van der Waals surface area contributed by atoms with Crippen LogP contribution >= 0.6 is 11.6 Å². The second-order valence-corrected chi connectivity index (χ2v) is 7.65. The van der Waals surface area contributed by atoms with Crippen LogP contribution in [0.5, 0.6) is 0 Å². The van der Waals surface area contributed by atoms with Gasteiger partial charge in [-0.05, 0) is 24.6 Å². The first kappa shape index (κ1) is 16.9. The topological polar surface area (TPSA) is 97.2 Å². The second kappa shape index (κ2) is 6.88. The zero-order chi connectivity index (χ0) is 17.2.